The van der Waals surface area contributed by atoms with Crippen LogP contribution in [0.1, 0.15) is 56.8 Å². The van der Waals surface area contributed by atoms with Crippen molar-refractivity contribution in [3.63, 3.8) is 0 Å². The van der Waals surface area contributed by atoms with Gasteiger partial charge in [-0.3, -0.25) is 14.2 Å². The summed E-state index contributed by atoms with van der Waals surface area (Å²) in [5.41, 5.74) is -0.364. The summed E-state index contributed by atoms with van der Waals surface area (Å²) < 4.78 is 2.90. The molecule has 1 aliphatic carbocycles. The van der Waals surface area contributed by atoms with Crippen molar-refractivity contribution in [3.05, 3.63) is 22.0 Å². The fourth-order valence-corrected chi connectivity index (χ4v) is 3.56. The first-order chi connectivity index (χ1) is 12.7. The van der Waals surface area contributed by atoms with E-state index in [1.54, 1.807) is 4.57 Å². The Morgan fingerprint density at radius 1 is 1.30 bits per heavy atom. The first kappa shape index (κ1) is 17.9. The lowest BCUT2D eigenvalue weighted by Crippen LogP contribution is -2.37. The molecule has 0 atom stereocenters. The zero-order valence-corrected chi connectivity index (χ0v) is 16.2. The van der Waals surface area contributed by atoms with Crippen molar-refractivity contribution in [2.45, 2.75) is 59.0 Å². The number of aromatic nitrogens is 3. The molecule has 0 radical (unpaired) electrons. The quantitative estimate of drug-likeness (QED) is 0.852. The van der Waals surface area contributed by atoms with Crippen LogP contribution in [0, 0.1) is 5.41 Å². The first-order valence-corrected chi connectivity index (χ1v) is 9.66. The van der Waals surface area contributed by atoms with Gasteiger partial charge in [0.1, 0.15) is 5.65 Å². The molecule has 2 aromatic heterocycles. The molecule has 0 bridgehead atoms. The molecule has 3 heterocycles. The van der Waals surface area contributed by atoms with E-state index in [1.165, 1.54) is 4.52 Å². The minimum absolute atomic E-state index is 0.0980. The monoisotopic (exact) mass is 373 g/mol. The third-order valence-corrected chi connectivity index (χ3v) is 5.04. The summed E-state index contributed by atoms with van der Waals surface area (Å²) in [6, 6.07) is 1.93. The second-order valence-corrected chi connectivity index (χ2v) is 8.86. The van der Waals surface area contributed by atoms with E-state index in [2.05, 4.69) is 15.3 Å². The van der Waals surface area contributed by atoms with Crippen LogP contribution in [-0.2, 0) is 6.54 Å². The highest BCUT2D eigenvalue weighted by Gasteiger charge is 2.30. The van der Waals surface area contributed by atoms with Gasteiger partial charge in [-0.15, -0.1) is 5.10 Å². The third kappa shape index (κ3) is 3.40. The standard InChI is InChI=1S/C19H27N5O3/c1-19(2,3)11-23-14-10-13(22-8-4-5-9-22)21-24(14)18(27)15(17(23)26)16(25)20-12-6-7-12/h10,12,27H,4-9,11H2,1-3H3,(H,20,25). The second kappa shape index (κ2) is 6.28. The van der Waals surface area contributed by atoms with Crippen LogP contribution < -0.4 is 15.8 Å². The molecule has 2 aromatic rings. The van der Waals surface area contributed by atoms with Gasteiger partial charge in [-0.25, -0.2) is 0 Å². The van der Waals surface area contributed by atoms with Crippen molar-refractivity contribution in [3.8, 4) is 5.88 Å². The number of carbonyl (C=O) groups is 1. The molecule has 4 rings (SSSR count). The Hall–Kier alpha value is -2.51. The number of nitrogens with zero attached hydrogens (tertiary/aromatic N) is 4. The molecule has 0 spiro atoms. The van der Waals surface area contributed by atoms with Crippen molar-refractivity contribution >= 4 is 17.4 Å². The highest BCUT2D eigenvalue weighted by molar-refractivity contribution is 5.96. The van der Waals surface area contributed by atoms with Gasteiger partial charge in [0.2, 0.25) is 5.88 Å². The summed E-state index contributed by atoms with van der Waals surface area (Å²) in [5.74, 6) is -0.184. The average molecular weight is 373 g/mol. The van der Waals surface area contributed by atoms with Crippen LogP contribution in [0.5, 0.6) is 5.88 Å². The lowest BCUT2D eigenvalue weighted by molar-refractivity contribution is 0.0944. The largest absolute Gasteiger partial charge is 0.492 e. The second-order valence-electron chi connectivity index (χ2n) is 8.86. The van der Waals surface area contributed by atoms with Gasteiger partial charge in [0.15, 0.2) is 11.4 Å². The van der Waals surface area contributed by atoms with Gasteiger partial charge >= 0.3 is 0 Å². The van der Waals surface area contributed by atoms with Crippen molar-refractivity contribution in [2.75, 3.05) is 18.0 Å². The summed E-state index contributed by atoms with van der Waals surface area (Å²) in [7, 11) is 0. The number of hydrogen-bond donors (Lipinski definition) is 2. The molecule has 0 unspecified atom stereocenters. The number of hydrogen-bond acceptors (Lipinski definition) is 5. The summed E-state index contributed by atoms with van der Waals surface area (Å²) in [4.78, 5) is 27.9. The third-order valence-electron chi connectivity index (χ3n) is 5.04. The summed E-state index contributed by atoms with van der Waals surface area (Å²) in [6.45, 7) is 8.33. The number of amides is 1. The number of carbonyl (C=O) groups excluding carboxylic acids is 1. The molecule has 146 valence electrons. The zero-order chi connectivity index (χ0) is 19.3. The van der Waals surface area contributed by atoms with Gasteiger partial charge in [0, 0.05) is 31.7 Å². The maximum Gasteiger partial charge on any atom is 0.270 e. The fourth-order valence-electron chi connectivity index (χ4n) is 3.56. The maximum absolute atomic E-state index is 13.1. The minimum Gasteiger partial charge on any atom is -0.492 e. The normalized spacial score (nSPS) is 17.7. The molecule has 8 heteroatoms. The molecule has 0 aromatic carbocycles. The number of nitrogens with one attached hydrogen (secondary N) is 1. The highest BCUT2D eigenvalue weighted by Crippen LogP contribution is 2.27. The Morgan fingerprint density at radius 2 is 1.96 bits per heavy atom. The van der Waals surface area contributed by atoms with Gasteiger partial charge in [-0.2, -0.15) is 4.52 Å². The average Bonchev–Trinajstić information content (AvgIpc) is 3.08. The fraction of sp³-hybridized carbons (Fsp3) is 0.632. The predicted octanol–water partition coefficient (Wildman–Crippen LogP) is 1.74. The molecular formula is C19H27N5O3. The van der Waals surface area contributed by atoms with E-state index in [1.807, 2.05) is 26.8 Å². The molecular weight excluding hydrogens is 346 g/mol. The topological polar surface area (TPSA) is 91.9 Å². The SMILES string of the molecule is CC(C)(C)Cn1c(=O)c(C(=O)NC2CC2)c(O)n2nc(N3CCCC3)cc12. The smallest absolute Gasteiger partial charge is 0.270 e. The molecule has 8 nitrogen and oxygen atoms in total. The van der Waals surface area contributed by atoms with E-state index in [4.69, 9.17) is 0 Å². The number of fused-ring (bicyclic) bond motifs is 1. The Morgan fingerprint density at radius 3 is 2.56 bits per heavy atom. The van der Waals surface area contributed by atoms with Crippen LogP contribution in [0.25, 0.3) is 5.65 Å². The Bertz CT molecular complexity index is 943. The molecule has 1 amide bonds. The number of rotatable bonds is 4. The van der Waals surface area contributed by atoms with Crippen LogP contribution in [0.2, 0.25) is 0 Å². The first-order valence-electron chi connectivity index (χ1n) is 9.66. The molecule has 1 saturated carbocycles. The maximum atomic E-state index is 13.1. The van der Waals surface area contributed by atoms with E-state index < -0.39 is 11.5 Å². The molecule has 2 aliphatic rings. The van der Waals surface area contributed by atoms with Crippen molar-refractivity contribution in [1.29, 1.82) is 0 Å². The molecule has 2 N–H and O–H groups in total. The zero-order valence-electron chi connectivity index (χ0n) is 16.2. The minimum atomic E-state index is -0.525. The van der Waals surface area contributed by atoms with Crippen LogP contribution in [0.3, 0.4) is 0 Å². The van der Waals surface area contributed by atoms with Gasteiger partial charge < -0.3 is 15.3 Å². The van der Waals surface area contributed by atoms with E-state index in [9.17, 15) is 14.7 Å². The summed E-state index contributed by atoms with van der Waals surface area (Å²) >= 11 is 0. The van der Waals surface area contributed by atoms with Gasteiger partial charge in [-0.05, 0) is 31.1 Å². The van der Waals surface area contributed by atoms with Gasteiger partial charge in [0.05, 0.1) is 0 Å². The summed E-state index contributed by atoms with van der Waals surface area (Å²) in [6.07, 6.45) is 4.02. The van der Waals surface area contributed by atoms with E-state index >= 15 is 0 Å². The van der Waals surface area contributed by atoms with Crippen molar-refractivity contribution < 1.29 is 9.90 Å². The Kier molecular flexibility index (Phi) is 4.16. The molecule has 1 aliphatic heterocycles. The van der Waals surface area contributed by atoms with Crippen molar-refractivity contribution in [1.82, 2.24) is 19.5 Å². The summed E-state index contributed by atoms with van der Waals surface area (Å²) in [5, 5.41) is 18.0. The van der Waals surface area contributed by atoms with Crippen LogP contribution >= 0.6 is 0 Å². The Balaban J connectivity index is 1.89. The number of aromatic hydroxyl groups is 1. The van der Waals surface area contributed by atoms with Crippen LogP contribution in [0.15, 0.2) is 10.9 Å². The highest BCUT2D eigenvalue weighted by atomic mass is 16.3. The van der Waals surface area contributed by atoms with E-state index in [0.717, 1.165) is 44.6 Å². The van der Waals surface area contributed by atoms with Crippen molar-refractivity contribution in [2.24, 2.45) is 5.41 Å². The van der Waals surface area contributed by atoms with E-state index in [0.29, 0.717) is 12.2 Å². The molecule has 1 saturated heterocycles. The van der Waals surface area contributed by atoms with Gasteiger partial charge in [0.25, 0.3) is 11.5 Å². The Labute approximate surface area is 157 Å². The molecule has 27 heavy (non-hydrogen) atoms. The lowest BCUT2D eigenvalue weighted by Gasteiger charge is -2.21. The van der Waals surface area contributed by atoms with E-state index in [-0.39, 0.29) is 22.9 Å². The lowest BCUT2D eigenvalue weighted by atomic mass is 9.97. The van der Waals surface area contributed by atoms with Crippen LogP contribution in [0.4, 0.5) is 5.82 Å². The number of anilines is 1. The van der Waals surface area contributed by atoms with Crippen LogP contribution in [-0.4, -0.2) is 44.3 Å². The predicted molar refractivity (Wildman–Crippen MR) is 103 cm³/mol. The molecule has 2 fully saturated rings. The van der Waals surface area contributed by atoms with Gasteiger partial charge in [-0.1, -0.05) is 20.8 Å².